The van der Waals surface area contributed by atoms with E-state index in [9.17, 15) is 4.79 Å². The van der Waals surface area contributed by atoms with Crippen molar-refractivity contribution in [2.24, 2.45) is 0 Å². The number of allylic oxidation sites excluding steroid dienone is 1. The Labute approximate surface area is 111 Å². The molecule has 3 heteroatoms. The average molecular weight is 249 g/mol. The Hall–Kier alpha value is -2.86. The highest BCUT2D eigenvalue weighted by Gasteiger charge is 2.06. The van der Waals surface area contributed by atoms with Crippen molar-refractivity contribution in [3.05, 3.63) is 78.1 Å². The van der Waals surface area contributed by atoms with E-state index in [1.54, 1.807) is 36.4 Å². The molecule has 0 heterocycles. The number of rotatable bonds is 3. The first kappa shape index (κ1) is 12.6. The summed E-state index contributed by atoms with van der Waals surface area (Å²) in [6, 6.07) is 19.7. The fourth-order valence-corrected chi connectivity index (χ4v) is 1.53. The topological polar surface area (TPSA) is 50.1 Å². The number of ether oxygens (including phenoxy) is 1. The fourth-order valence-electron chi connectivity index (χ4n) is 1.53. The number of benzene rings is 2. The minimum Gasteiger partial charge on any atom is -0.429 e. The van der Waals surface area contributed by atoms with Gasteiger partial charge in [0, 0.05) is 0 Å². The van der Waals surface area contributed by atoms with Gasteiger partial charge in [0.2, 0.25) is 0 Å². The zero-order valence-corrected chi connectivity index (χ0v) is 10.1. The smallest absolute Gasteiger partial charge is 0.342 e. The van der Waals surface area contributed by atoms with Gasteiger partial charge in [-0.15, -0.1) is 0 Å². The Kier molecular flexibility index (Phi) is 4.09. The summed E-state index contributed by atoms with van der Waals surface area (Å²) in [5.74, 6) is -0.482. The molecule has 0 saturated heterocycles. The van der Waals surface area contributed by atoms with Gasteiger partial charge in [0.1, 0.15) is 12.3 Å². The molecular weight excluding hydrogens is 238 g/mol. The number of hydrogen-bond acceptors (Lipinski definition) is 3. The molecule has 0 aromatic heterocycles. The van der Waals surface area contributed by atoms with E-state index in [0.29, 0.717) is 16.7 Å². The van der Waals surface area contributed by atoms with Crippen LogP contribution in [0.4, 0.5) is 0 Å². The Morgan fingerprint density at radius 3 is 2.00 bits per heavy atom. The Morgan fingerprint density at radius 2 is 1.47 bits per heavy atom. The van der Waals surface area contributed by atoms with Crippen LogP contribution in [0.1, 0.15) is 15.9 Å². The lowest BCUT2D eigenvalue weighted by molar-refractivity contribution is 0.0664. The second-order valence-corrected chi connectivity index (χ2v) is 3.78. The van der Waals surface area contributed by atoms with E-state index in [1.807, 2.05) is 30.3 Å². The van der Waals surface area contributed by atoms with Crippen LogP contribution in [0.15, 0.2) is 66.9 Å². The predicted molar refractivity (Wildman–Crippen MR) is 71.9 cm³/mol. The van der Waals surface area contributed by atoms with E-state index in [2.05, 4.69) is 0 Å². The lowest BCUT2D eigenvalue weighted by Crippen LogP contribution is -2.00. The van der Waals surface area contributed by atoms with Gasteiger partial charge in [0.15, 0.2) is 0 Å². The number of carbonyl (C=O) groups is 1. The summed E-state index contributed by atoms with van der Waals surface area (Å²) in [5.41, 5.74) is 1.47. The molecule has 0 aliphatic rings. The van der Waals surface area contributed by atoms with E-state index >= 15 is 0 Å². The number of esters is 1. The fraction of sp³-hybridized carbons (Fsp3) is 0. The number of nitriles is 1. The molecule has 0 radical (unpaired) electrons. The van der Waals surface area contributed by atoms with E-state index in [1.165, 1.54) is 6.26 Å². The largest absolute Gasteiger partial charge is 0.429 e. The van der Waals surface area contributed by atoms with Gasteiger partial charge in [-0.3, -0.25) is 0 Å². The normalized spacial score (nSPS) is 10.6. The van der Waals surface area contributed by atoms with Gasteiger partial charge < -0.3 is 4.74 Å². The molecule has 2 rings (SSSR count). The van der Waals surface area contributed by atoms with Crippen molar-refractivity contribution >= 4 is 11.5 Å². The summed E-state index contributed by atoms with van der Waals surface area (Å²) >= 11 is 0. The first-order chi connectivity index (χ1) is 9.31. The van der Waals surface area contributed by atoms with E-state index in [0.717, 1.165) is 0 Å². The third-order valence-corrected chi connectivity index (χ3v) is 2.50. The zero-order chi connectivity index (χ0) is 13.5. The minimum absolute atomic E-state index is 0.310. The zero-order valence-electron chi connectivity index (χ0n) is 10.1. The summed E-state index contributed by atoms with van der Waals surface area (Å²) in [5, 5.41) is 9.05. The molecule has 0 unspecified atom stereocenters. The first-order valence-electron chi connectivity index (χ1n) is 5.73. The van der Waals surface area contributed by atoms with Crippen LogP contribution in [0.25, 0.3) is 5.57 Å². The molecule has 0 aliphatic carbocycles. The molecule has 0 N–H and O–H groups in total. The van der Waals surface area contributed by atoms with Crippen molar-refractivity contribution < 1.29 is 9.53 Å². The van der Waals surface area contributed by atoms with Gasteiger partial charge in [0.05, 0.1) is 11.1 Å². The van der Waals surface area contributed by atoms with Crippen molar-refractivity contribution in [2.45, 2.75) is 0 Å². The van der Waals surface area contributed by atoms with Crippen LogP contribution in [-0.2, 0) is 4.74 Å². The number of carbonyl (C=O) groups excluding carboxylic acids is 1. The monoisotopic (exact) mass is 249 g/mol. The SMILES string of the molecule is N#C/C(=C\OC(=O)c1ccccc1)c1ccccc1. The molecule has 2 aromatic rings. The van der Waals surface area contributed by atoms with Crippen LogP contribution in [0.3, 0.4) is 0 Å². The summed E-state index contributed by atoms with van der Waals surface area (Å²) in [6.07, 6.45) is 1.19. The molecule has 2 aromatic carbocycles. The molecule has 92 valence electrons. The van der Waals surface area contributed by atoms with Crippen LogP contribution < -0.4 is 0 Å². The molecule has 19 heavy (non-hydrogen) atoms. The number of nitrogens with zero attached hydrogens (tertiary/aromatic N) is 1. The van der Waals surface area contributed by atoms with E-state index in [4.69, 9.17) is 10.00 Å². The van der Waals surface area contributed by atoms with Crippen molar-refractivity contribution in [3.8, 4) is 6.07 Å². The van der Waals surface area contributed by atoms with Gasteiger partial charge in [-0.1, -0.05) is 48.5 Å². The molecule has 0 atom stereocenters. The van der Waals surface area contributed by atoms with Crippen LogP contribution in [0.2, 0.25) is 0 Å². The Balaban J connectivity index is 2.14. The second kappa shape index (κ2) is 6.18. The Bertz CT molecular complexity index is 625. The molecule has 0 amide bonds. The van der Waals surface area contributed by atoms with E-state index in [-0.39, 0.29) is 0 Å². The van der Waals surface area contributed by atoms with Crippen LogP contribution >= 0.6 is 0 Å². The van der Waals surface area contributed by atoms with Gasteiger partial charge in [0.25, 0.3) is 0 Å². The van der Waals surface area contributed by atoms with Crippen molar-refractivity contribution in [1.82, 2.24) is 0 Å². The van der Waals surface area contributed by atoms with E-state index < -0.39 is 5.97 Å². The highest BCUT2D eigenvalue weighted by atomic mass is 16.5. The lowest BCUT2D eigenvalue weighted by Gasteiger charge is -2.01. The lowest BCUT2D eigenvalue weighted by atomic mass is 10.1. The first-order valence-corrected chi connectivity index (χ1v) is 5.73. The molecule has 0 saturated carbocycles. The third kappa shape index (κ3) is 3.30. The summed E-state index contributed by atoms with van der Waals surface area (Å²) < 4.78 is 5.01. The predicted octanol–water partition coefficient (Wildman–Crippen LogP) is 3.41. The average Bonchev–Trinajstić information content (AvgIpc) is 2.49. The van der Waals surface area contributed by atoms with Crippen LogP contribution in [0.5, 0.6) is 0 Å². The van der Waals surface area contributed by atoms with Gasteiger partial charge >= 0.3 is 5.97 Å². The standard InChI is InChI=1S/C16H11NO2/c17-11-15(13-7-3-1-4-8-13)12-19-16(18)14-9-5-2-6-10-14/h1-10,12H/b15-12+. The molecular formula is C16H11NO2. The third-order valence-electron chi connectivity index (χ3n) is 2.50. The Morgan fingerprint density at radius 1 is 0.947 bits per heavy atom. The maximum Gasteiger partial charge on any atom is 0.342 e. The molecule has 0 bridgehead atoms. The highest BCUT2D eigenvalue weighted by Crippen LogP contribution is 2.13. The van der Waals surface area contributed by atoms with Crippen molar-refractivity contribution in [2.75, 3.05) is 0 Å². The maximum absolute atomic E-state index is 11.7. The molecule has 0 spiro atoms. The molecule has 0 aliphatic heterocycles. The van der Waals surface area contributed by atoms with Gasteiger partial charge in [-0.25, -0.2) is 4.79 Å². The van der Waals surface area contributed by atoms with Crippen LogP contribution in [-0.4, -0.2) is 5.97 Å². The van der Waals surface area contributed by atoms with Crippen molar-refractivity contribution in [1.29, 1.82) is 5.26 Å². The molecule has 3 nitrogen and oxygen atoms in total. The van der Waals surface area contributed by atoms with Crippen molar-refractivity contribution in [3.63, 3.8) is 0 Å². The summed E-state index contributed by atoms with van der Waals surface area (Å²) in [6.45, 7) is 0. The summed E-state index contributed by atoms with van der Waals surface area (Å²) in [7, 11) is 0. The van der Waals surface area contributed by atoms with Gasteiger partial charge in [-0.05, 0) is 17.7 Å². The minimum atomic E-state index is -0.482. The van der Waals surface area contributed by atoms with Crippen LogP contribution in [0, 0.1) is 11.3 Å². The van der Waals surface area contributed by atoms with Gasteiger partial charge in [-0.2, -0.15) is 5.26 Å². The summed E-state index contributed by atoms with van der Waals surface area (Å²) in [4.78, 5) is 11.7. The number of hydrogen-bond donors (Lipinski definition) is 0. The maximum atomic E-state index is 11.7. The molecule has 0 fully saturated rings. The highest BCUT2D eigenvalue weighted by molar-refractivity contribution is 5.90. The second-order valence-electron chi connectivity index (χ2n) is 3.78. The quantitative estimate of drug-likeness (QED) is 0.476.